The smallest absolute Gasteiger partial charge is 0.278 e. The van der Waals surface area contributed by atoms with Crippen LogP contribution in [0, 0.1) is 12.3 Å². The van der Waals surface area contributed by atoms with Gasteiger partial charge in [-0.15, -0.1) is 6.42 Å². The standard InChI is InChI=1S/C33H37NO8/c1-7-14-41-31-25(26(8-2)34(36)33(35)21-12-10-9-11-13-21)15-22(16-28(31)37-3)24-19-27(42-20-24)23-17-29(38-4)32(40-6)30(18-23)39-5/h2,9-13,15-18,24,26-27,36H,7,14,19-20H2,1,3-6H3. The van der Waals surface area contributed by atoms with Crippen molar-refractivity contribution in [1.82, 2.24) is 5.06 Å². The number of amides is 1. The molecule has 0 saturated carbocycles. The lowest BCUT2D eigenvalue weighted by molar-refractivity contribution is -0.0760. The van der Waals surface area contributed by atoms with Gasteiger partial charge in [0.25, 0.3) is 5.91 Å². The number of ether oxygens (including phenoxy) is 6. The predicted octanol–water partition coefficient (Wildman–Crippen LogP) is 5.96. The summed E-state index contributed by atoms with van der Waals surface area (Å²) in [6.45, 7) is 2.80. The maximum atomic E-state index is 13.1. The second-order valence-corrected chi connectivity index (χ2v) is 9.79. The van der Waals surface area contributed by atoms with Gasteiger partial charge in [-0.3, -0.25) is 10.0 Å². The molecule has 3 aromatic rings. The third kappa shape index (κ3) is 6.25. The van der Waals surface area contributed by atoms with Gasteiger partial charge in [0.1, 0.15) is 6.04 Å². The summed E-state index contributed by atoms with van der Waals surface area (Å²) in [7, 11) is 6.25. The topological polar surface area (TPSA) is 95.9 Å². The van der Waals surface area contributed by atoms with E-state index in [4.69, 9.17) is 34.8 Å². The SMILES string of the molecule is C#CC(c1cc(C2COC(c3cc(OC)c(OC)c(OC)c3)C2)cc(OC)c1OCCC)N(O)C(=O)c1ccccc1. The molecule has 1 aliphatic rings. The summed E-state index contributed by atoms with van der Waals surface area (Å²) >= 11 is 0. The van der Waals surface area contributed by atoms with Gasteiger partial charge in [-0.05, 0) is 60.4 Å². The van der Waals surface area contributed by atoms with E-state index < -0.39 is 11.9 Å². The van der Waals surface area contributed by atoms with Crippen molar-refractivity contribution in [3.05, 3.63) is 76.9 Å². The van der Waals surface area contributed by atoms with Gasteiger partial charge in [0.05, 0.1) is 47.8 Å². The van der Waals surface area contributed by atoms with Crippen LogP contribution in [0.25, 0.3) is 0 Å². The van der Waals surface area contributed by atoms with E-state index in [9.17, 15) is 10.0 Å². The molecule has 1 saturated heterocycles. The zero-order chi connectivity index (χ0) is 30.2. The van der Waals surface area contributed by atoms with Gasteiger partial charge in [-0.1, -0.05) is 31.0 Å². The number of benzene rings is 3. The van der Waals surface area contributed by atoms with E-state index in [-0.39, 0.29) is 12.0 Å². The minimum Gasteiger partial charge on any atom is -0.493 e. The molecule has 42 heavy (non-hydrogen) atoms. The molecule has 1 N–H and O–H groups in total. The van der Waals surface area contributed by atoms with E-state index in [1.54, 1.807) is 58.8 Å². The number of hydrogen-bond acceptors (Lipinski definition) is 8. The molecular formula is C33H37NO8. The lowest BCUT2D eigenvalue weighted by atomic mass is 9.90. The van der Waals surface area contributed by atoms with E-state index >= 15 is 0 Å². The molecule has 0 radical (unpaired) electrons. The quantitative estimate of drug-likeness (QED) is 0.161. The molecule has 0 aromatic heterocycles. The number of carbonyl (C=O) groups excluding carboxylic acids is 1. The number of nitrogens with zero attached hydrogens (tertiary/aromatic N) is 1. The summed E-state index contributed by atoms with van der Waals surface area (Å²) in [5.74, 6) is 4.33. The number of carbonyl (C=O) groups is 1. The normalized spacial score (nSPS) is 16.7. The molecule has 3 atom stereocenters. The first-order chi connectivity index (χ1) is 20.4. The number of methoxy groups -OCH3 is 4. The van der Waals surface area contributed by atoms with Crippen molar-refractivity contribution in [2.24, 2.45) is 0 Å². The van der Waals surface area contributed by atoms with E-state index in [1.165, 1.54) is 0 Å². The molecule has 4 rings (SSSR count). The minimum absolute atomic E-state index is 0.0441. The van der Waals surface area contributed by atoms with Crippen LogP contribution in [0.15, 0.2) is 54.6 Å². The Bertz CT molecular complexity index is 1390. The molecular weight excluding hydrogens is 538 g/mol. The second-order valence-electron chi connectivity index (χ2n) is 9.79. The van der Waals surface area contributed by atoms with Crippen molar-refractivity contribution in [2.45, 2.75) is 37.8 Å². The third-order valence-electron chi connectivity index (χ3n) is 7.23. The van der Waals surface area contributed by atoms with Crippen LogP contribution in [0.3, 0.4) is 0 Å². The van der Waals surface area contributed by atoms with Gasteiger partial charge in [0.15, 0.2) is 23.0 Å². The van der Waals surface area contributed by atoms with E-state index in [0.29, 0.717) is 64.6 Å². The van der Waals surface area contributed by atoms with Crippen molar-refractivity contribution in [3.8, 4) is 41.1 Å². The van der Waals surface area contributed by atoms with Crippen molar-refractivity contribution < 1.29 is 38.4 Å². The Hall–Kier alpha value is -4.39. The largest absolute Gasteiger partial charge is 0.493 e. The van der Waals surface area contributed by atoms with Crippen LogP contribution in [0.2, 0.25) is 0 Å². The maximum Gasteiger partial charge on any atom is 0.278 e. The van der Waals surface area contributed by atoms with Crippen LogP contribution >= 0.6 is 0 Å². The Morgan fingerprint density at radius 3 is 2.17 bits per heavy atom. The summed E-state index contributed by atoms with van der Waals surface area (Å²) in [6.07, 6.45) is 7.07. The lowest BCUT2D eigenvalue weighted by Gasteiger charge is -2.26. The highest BCUT2D eigenvalue weighted by Gasteiger charge is 2.33. The van der Waals surface area contributed by atoms with Crippen LogP contribution in [0.5, 0.6) is 28.7 Å². The van der Waals surface area contributed by atoms with Crippen LogP contribution < -0.4 is 23.7 Å². The summed E-state index contributed by atoms with van der Waals surface area (Å²) in [4.78, 5) is 13.1. The minimum atomic E-state index is -1.13. The van der Waals surface area contributed by atoms with Crippen molar-refractivity contribution in [2.75, 3.05) is 41.7 Å². The average Bonchev–Trinajstić information content (AvgIpc) is 3.53. The molecule has 0 bridgehead atoms. The molecule has 222 valence electrons. The fourth-order valence-corrected chi connectivity index (χ4v) is 5.10. The average molecular weight is 576 g/mol. The highest BCUT2D eigenvalue weighted by molar-refractivity contribution is 5.94. The van der Waals surface area contributed by atoms with Gasteiger partial charge in [-0.25, -0.2) is 5.06 Å². The molecule has 3 aromatic carbocycles. The van der Waals surface area contributed by atoms with E-state index in [2.05, 4.69) is 5.92 Å². The van der Waals surface area contributed by atoms with Gasteiger partial charge in [-0.2, -0.15) is 0 Å². The van der Waals surface area contributed by atoms with Crippen molar-refractivity contribution in [1.29, 1.82) is 0 Å². The molecule has 1 fully saturated rings. The van der Waals surface area contributed by atoms with Gasteiger partial charge < -0.3 is 28.4 Å². The van der Waals surface area contributed by atoms with Crippen LogP contribution in [0.1, 0.15) is 64.9 Å². The van der Waals surface area contributed by atoms with Crippen LogP contribution in [-0.2, 0) is 4.74 Å². The summed E-state index contributed by atoms with van der Waals surface area (Å²) < 4.78 is 34.6. The molecule has 0 aliphatic carbocycles. The first-order valence-corrected chi connectivity index (χ1v) is 13.7. The lowest BCUT2D eigenvalue weighted by Crippen LogP contribution is -2.31. The van der Waals surface area contributed by atoms with Crippen molar-refractivity contribution >= 4 is 5.91 Å². The Balaban J connectivity index is 1.71. The molecule has 1 heterocycles. The van der Waals surface area contributed by atoms with Crippen LogP contribution in [-0.4, -0.2) is 57.8 Å². The Morgan fingerprint density at radius 1 is 0.976 bits per heavy atom. The number of hydroxylamine groups is 2. The fourth-order valence-electron chi connectivity index (χ4n) is 5.10. The number of rotatable bonds is 12. The summed E-state index contributed by atoms with van der Waals surface area (Å²) in [5, 5.41) is 11.6. The molecule has 9 heteroatoms. The van der Waals surface area contributed by atoms with E-state index in [1.807, 2.05) is 31.2 Å². The maximum absolute atomic E-state index is 13.1. The predicted molar refractivity (Wildman–Crippen MR) is 157 cm³/mol. The highest BCUT2D eigenvalue weighted by atomic mass is 16.5. The van der Waals surface area contributed by atoms with Gasteiger partial charge >= 0.3 is 0 Å². The van der Waals surface area contributed by atoms with Crippen LogP contribution in [0.4, 0.5) is 0 Å². The zero-order valence-corrected chi connectivity index (χ0v) is 24.6. The Kier molecular flexibility index (Phi) is 10.2. The first kappa shape index (κ1) is 30.6. The van der Waals surface area contributed by atoms with E-state index in [0.717, 1.165) is 17.5 Å². The molecule has 3 unspecified atom stereocenters. The molecule has 9 nitrogen and oxygen atoms in total. The number of terminal acetylenes is 1. The number of hydrogen-bond donors (Lipinski definition) is 1. The summed E-state index contributed by atoms with van der Waals surface area (Å²) in [5.41, 5.74) is 2.51. The van der Waals surface area contributed by atoms with Gasteiger partial charge in [0, 0.05) is 17.0 Å². The Labute approximate surface area is 246 Å². The molecule has 1 aliphatic heterocycles. The summed E-state index contributed by atoms with van der Waals surface area (Å²) in [6, 6.07) is 14.9. The second kappa shape index (κ2) is 14.0. The Morgan fingerprint density at radius 2 is 1.60 bits per heavy atom. The van der Waals surface area contributed by atoms with Gasteiger partial charge in [0.2, 0.25) is 5.75 Å². The zero-order valence-electron chi connectivity index (χ0n) is 24.6. The van der Waals surface area contributed by atoms with Crippen molar-refractivity contribution in [3.63, 3.8) is 0 Å². The monoisotopic (exact) mass is 575 g/mol. The first-order valence-electron chi connectivity index (χ1n) is 13.7. The third-order valence-corrected chi connectivity index (χ3v) is 7.23. The highest BCUT2D eigenvalue weighted by Crippen LogP contribution is 2.47. The fraction of sp³-hybridized carbons (Fsp3) is 0.364. The molecule has 0 spiro atoms. The molecule has 1 amide bonds.